The second-order valence-electron chi connectivity index (χ2n) is 8.54. The Labute approximate surface area is 208 Å². The summed E-state index contributed by atoms with van der Waals surface area (Å²) in [6.45, 7) is 7.91. The normalized spacial score (nSPS) is 16.1. The number of ether oxygens (including phenoxy) is 3. The number of aromatic nitrogens is 3. The molecule has 1 saturated heterocycles. The molecule has 1 N–H and O–H groups in total. The monoisotopic (exact) mass is 495 g/mol. The molecule has 1 unspecified atom stereocenters. The molecule has 35 heavy (non-hydrogen) atoms. The molecule has 0 saturated carbocycles. The molecule has 184 valence electrons. The first-order valence-electron chi connectivity index (χ1n) is 11.8. The van der Waals surface area contributed by atoms with Crippen LogP contribution in [0.25, 0.3) is 5.69 Å². The zero-order chi connectivity index (χ0) is 24.2. The third-order valence-corrected chi connectivity index (χ3v) is 6.88. The molecule has 1 amide bonds. The van der Waals surface area contributed by atoms with Gasteiger partial charge in [0.25, 0.3) is 0 Å². The predicted molar refractivity (Wildman–Crippen MR) is 134 cm³/mol. The van der Waals surface area contributed by atoms with E-state index in [0.717, 1.165) is 41.6 Å². The first-order valence-corrected chi connectivity index (χ1v) is 12.7. The number of hydrogen-bond acceptors (Lipinski definition) is 8. The summed E-state index contributed by atoms with van der Waals surface area (Å²) in [5.41, 5.74) is 3.08. The Balaban J connectivity index is 1.29. The van der Waals surface area contributed by atoms with Crippen LogP contribution in [0.1, 0.15) is 24.1 Å². The van der Waals surface area contributed by atoms with E-state index in [-0.39, 0.29) is 17.7 Å². The number of nitrogens with one attached hydrogen (secondary N) is 1. The Morgan fingerprint density at radius 2 is 1.86 bits per heavy atom. The topological polar surface area (TPSA) is 90.7 Å². The van der Waals surface area contributed by atoms with Gasteiger partial charge in [-0.3, -0.25) is 9.36 Å². The lowest BCUT2D eigenvalue weighted by atomic mass is 10.1. The second-order valence-corrected chi connectivity index (χ2v) is 9.48. The maximum absolute atomic E-state index is 12.8. The number of carbonyl (C=O) groups excluding carboxylic acids is 1. The van der Waals surface area contributed by atoms with Crippen molar-refractivity contribution in [2.75, 3.05) is 50.2 Å². The molecule has 2 aliphatic heterocycles. The smallest absolute Gasteiger partial charge is 0.232 e. The van der Waals surface area contributed by atoms with Gasteiger partial charge < -0.3 is 24.4 Å². The summed E-state index contributed by atoms with van der Waals surface area (Å²) in [6, 6.07) is 13.8. The van der Waals surface area contributed by atoms with E-state index in [2.05, 4.69) is 39.5 Å². The lowest BCUT2D eigenvalue weighted by Crippen LogP contribution is -2.37. The van der Waals surface area contributed by atoms with Crippen molar-refractivity contribution >= 4 is 23.6 Å². The minimum absolute atomic E-state index is 0.0795. The number of anilines is 1. The van der Waals surface area contributed by atoms with Gasteiger partial charge in [-0.25, -0.2) is 0 Å². The summed E-state index contributed by atoms with van der Waals surface area (Å²) in [6.07, 6.45) is 0. The zero-order valence-corrected chi connectivity index (χ0v) is 20.7. The molecule has 1 fully saturated rings. The van der Waals surface area contributed by atoms with Crippen LogP contribution in [0, 0.1) is 6.92 Å². The molecule has 0 aliphatic carbocycles. The molecule has 1 aromatic heterocycles. The van der Waals surface area contributed by atoms with Crippen LogP contribution in [-0.4, -0.2) is 65.9 Å². The summed E-state index contributed by atoms with van der Waals surface area (Å²) in [7, 11) is 0. The third kappa shape index (κ3) is 5.38. The largest absolute Gasteiger partial charge is 0.486 e. The SMILES string of the molecule is Cc1cccc(-n2c(SCC(=O)NC(C)c3ccc4c(c3)OCCO4)nnc2N2CCOCC2)c1. The van der Waals surface area contributed by atoms with Crippen molar-refractivity contribution < 1.29 is 19.0 Å². The van der Waals surface area contributed by atoms with Gasteiger partial charge in [-0.2, -0.15) is 0 Å². The summed E-state index contributed by atoms with van der Waals surface area (Å²) in [5.74, 6) is 2.37. The Morgan fingerprint density at radius 1 is 1.06 bits per heavy atom. The van der Waals surface area contributed by atoms with Crippen molar-refractivity contribution in [3.8, 4) is 17.2 Å². The molecule has 9 nitrogen and oxygen atoms in total. The predicted octanol–water partition coefficient (Wildman–Crippen LogP) is 3.15. The Hall–Kier alpha value is -3.24. The number of thioether (sulfide) groups is 1. The number of morpholine rings is 1. The maximum Gasteiger partial charge on any atom is 0.232 e. The first-order chi connectivity index (χ1) is 17.1. The molecule has 0 bridgehead atoms. The molecule has 0 radical (unpaired) electrons. The van der Waals surface area contributed by atoms with Crippen LogP contribution in [0.15, 0.2) is 47.6 Å². The average Bonchev–Trinajstić information content (AvgIpc) is 3.32. The van der Waals surface area contributed by atoms with Crippen molar-refractivity contribution in [1.82, 2.24) is 20.1 Å². The Kier molecular flexibility index (Phi) is 7.10. The zero-order valence-electron chi connectivity index (χ0n) is 19.9. The Bertz CT molecular complexity index is 1190. The average molecular weight is 496 g/mol. The lowest BCUT2D eigenvalue weighted by molar-refractivity contribution is -0.119. The number of aryl methyl sites for hydroxylation is 1. The summed E-state index contributed by atoms with van der Waals surface area (Å²) < 4.78 is 18.8. The highest BCUT2D eigenvalue weighted by atomic mass is 32.2. The molecular formula is C25H29N5O4S. The number of fused-ring (bicyclic) bond motifs is 1. The van der Waals surface area contributed by atoms with E-state index >= 15 is 0 Å². The highest BCUT2D eigenvalue weighted by Gasteiger charge is 2.23. The van der Waals surface area contributed by atoms with Gasteiger partial charge in [-0.15, -0.1) is 10.2 Å². The van der Waals surface area contributed by atoms with E-state index in [4.69, 9.17) is 14.2 Å². The van der Waals surface area contributed by atoms with E-state index in [9.17, 15) is 4.79 Å². The van der Waals surface area contributed by atoms with E-state index in [0.29, 0.717) is 37.3 Å². The number of amides is 1. The van der Waals surface area contributed by atoms with E-state index in [1.54, 1.807) is 0 Å². The molecule has 2 aromatic carbocycles. The van der Waals surface area contributed by atoms with Gasteiger partial charge in [0.1, 0.15) is 13.2 Å². The van der Waals surface area contributed by atoms with Crippen LogP contribution in [0.2, 0.25) is 0 Å². The van der Waals surface area contributed by atoms with Crippen molar-refractivity contribution in [2.24, 2.45) is 0 Å². The number of hydrogen-bond donors (Lipinski definition) is 1. The highest BCUT2D eigenvalue weighted by Crippen LogP contribution is 2.33. The van der Waals surface area contributed by atoms with Gasteiger partial charge in [0.15, 0.2) is 16.7 Å². The van der Waals surface area contributed by atoms with Crippen LogP contribution in [-0.2, 0) is 9.53 Å². The summed E-state index contributed by atoms with van der Waals surface area (Å²) >= 11 is 1.38. The van der Waals surface area contributed by atoms with Crippen molar-refractivity contribution in [1.29, 1.82) is 0 Å². The first kappa shape index (κ1) is 23.5. The molecular weight excluding hydrogens is 466 g/mol. The molecule has 2 aliphatic rings. The number of rotatable bonds is 7. The maximum atomic E-state index is 12.8. The molecule has 3 heterocycles. The second kappa shape index (κ2) is 10.6. The standard InChI is InChI=1S/C25H29N5O4S/c1-17-4-3-5-20(14-17)30-24(29-8-10-32-11-9-29)27-28-25(30)35-16-23(31)26-18(2)19-6-7-21-22(15-19)34-13-12-33-21/h3-7,14-15,18H,8-13,16H2,1-2H3,(H,26,31). The van der Waals surface area contributed by atoms with Gasteiger partial charge in [0, 0.05) is 13.1 Å². The quantitative estimate of drug-likeness (QED) is 0.500. The molecule has 1 atom stereocenters. The summed E-state index contributed by atoms with van der Waals surface area (Å²) in [4.78, 5) is 15.0. The van der Waals surface area contributed by atoms with Crippen LogP contribution in [0.4, 0.5) is 5.95 Å². The fraction of sp³-hybridized carbons (Fsp3) is 0.400. The van der Waals surface area contributed by atoms with Crippen LogP contribution in [0.5, 0.6) is 11.5 Å². The number of nitrogens with zero attached hydrogens (tertiary/aromatic N) is 4. The molecule has 5 rings (SSSR count). The fourth-order valence-corrected chi connectivity index (χ4v) is 4.90. The van der Waals surface area contributed by atoms with E-state index < -0.39 is 0 Å². The van der Waals surface area contributed by atoms with Crippen molar-refractivity contribution in [3.63, 3.8) is 0 Å². The number of benzene rings is 2. The van der Waals surface area contributed by atoms with Crippen LogP contribution < -0.4 is 19.7 Å². The minimum atomic E-state index is -0.169. The molecule has 0 spiro atoms. The van der Waals surface area contributed by atoms with Crippen LogP contribution >= 0.6 is 11.8 Å². The minimum Gasteiger partial charge on any atom is -0.486 e. The van der Waals surface area contributed by atoms with Gasteiger partial charge in [-0.1, -0.05) is 30.0 Å². The molecule has 10 heteroatoms. The van der Waals surface area contributed by atoms with Crippen molar-refractivity contribution in [2.45, 2.75) is 25.0 Å². The fourth-order valence-electron chi connectivity index (χ4n) is 4.14. The van der Waals surface area contributed by atoms with E-state index in [1.807, 2.05) is 41.8 Å². The third-order valence-electron chi connectivity index (χ3n) is 5.95. The van der Waals surface area contributed by atoms with Crippen molar-refractivity contribution in [3.05, 3.63) is 53.6 Å². The Morgan fingerprint density at radius 3 is 2.66 bits per heavy atom. The highest BCUT2D eigenvalue weighted by molar-refractivity contribution is 7.99. The van der Waals surface area contributed by atoms with Crippen LogP contribution in [0.3, 0.4) is 0 Å². The summed E-state index contributed by atoms with van der Waals surface area (Å²) in [5, 5.41) is 12.7. The van der Waals surface area contributed by atoms with Gasteiger partial charge >= 0.3 is 0 Å². The van der Waals surface area contributed by atoms with Gasteiger partial charge in [-0.05, 0) is 49.2 Å². The molecule has 3 aromatic rings. The number of carbonyl (C=O) groups is 1. The lowest BCUT2D eigenvalue weighted by Gasteiger charge is -2.28. The van der Waals surface area contributed by atoms with E-state index in [1.165, 1.54) is 11.8 Å². The van der Waals surface area contributed by atoms with Gasteiger partial charge in [0.05, 0.1) is 30.7 Å². The van der Waals surface area contributed by atoms with Gasteiger partial charge in [0.2, 0.25) is 11.9 Å².